The Bertz CT molecular complexity index is 68.6. The lowest BCUT2D eigenvalue weighted by Crippen LogP contribution is -2.13. The largest absolute Gasteiger partial charge is 0.396 e. The van der Waals surface area contributed by atoms with E-state index in [1.807, 2.05) is 6.92 Å². The molecule has 3 N–H and O–H groups in total. The predicted molar refractivity (Wildman–Crippen MR) is 40.8 cm³/mol. The molecule has 0 amide bonds. The van der Waals surface area contributed by atoms with E-state index in [0.717, 1.165) is 6.42 Å². The van der Waals surface area contributed by atoms with Crippen LogP contribution in [0, 0.1) is 0 Å². The Balaban J connectivity index is 2.97. The van der Waals surface area contributed by atoms with E-state index in [1.54, 1.807) is 0 Å². The first-order chi connectivity index (χ1) is 4.81. The molecule has 0 aliphatic heterocycles. The van der Waals surface area contributed by atoms with Crippen LogP contribution in [0.15, 0.2) is 0 Å². The van der Waals surface area contributed by atoms with E-state index < -0.39 is 0 Å². The van der Waals surface area contributed by atoms with Gasteiger partial charge in [-0.2, -0.15) is 0 Å². The fourth-order valence-corrected chi connectivity index (χ4v) is 0.633. The van der Waals surface area contributed by atoms with Gasteiger partial charge in [-0.1, -0.05) is 0 Å². The van der Waals surface area contributed by atoms with Gasteiger partial charge in [0, 0.05) is 13.2 Å². The average Bonchev–Trinajstić information content (AvgIpc) is 1.89. The van der Waals surface area contributed by atoms with Crippen molar-refractivity contribution >= 4 is 0 Å². The summed E-state index contributed by atoms with van der Waals surface area (Å²) in [6.45, 7) is 3.53. The van der Waals surface area contributed by atoms with Crippen LogP contribution < -0.4 is 5.73 Å². The summed E-state index contributed by atoms with van der Waals surface area (Å²) in [5.74, 6) is 0. The molecule has 10 heavy (non-hydrogen) atoms. The summed E-state index contributed by atoms with van der Waals surface area (Å²) in [5, 5.41) is 8.49. The third-order valence-corrected chi connectivity index (χ3v) is 1.29. The van der Waals surface area contributed by atoms with E-state index in [0.29, 0.717) is 19.6 Å². The molecule has 0 spiro atoms. The minimum absolute atomic E-state index is 0.163. The Morgan fingerprint density at radius 2 is 2.30 bits per heavy atom. The fraction of sp³-hybridized carbons (Fsp3) is 1.00. The van der Waals surface area contributed by atoms with E-state index in [-0.39, 0.29) is 12.7 Å². The van der Waals surface area contributed by atoms with Gasteiger partial charge < -0.3 is 15.6 Å². The molecule has 0 fully saturated rings. The van der Waals surface area contributed by atoms with Crippen molar-refractivity contribution in [3.8, 4) is 0 Å². The van der Waals surface area contributed by atoms with Crippen LogP contribution in [0.25, 0.3) is 0 Å². The monoisotopic (exact) mass is 147 g/mol. The summed E-state index contributed by atoms with van der Waals surface area (Å²) in [6, 6.07) is 0. The van der Waals surface area contributed by atoms with Crippen molar-refractivity contribution < 1.29 is 9.84 Å². The quantitative estimate of drug-likeness (QED) is 0.525. The molecule has 0 aromatic carbocycles. The third-order valence-electron chi connectivity index (χ3n) is 1.29. The number of hydrogen-bond acceptors (Lipinski definition) is 3. The first-order valence-corrected chi connectivity index (χ1v) is 3.73. The van der Waals surface area contributed by atoms with Gasteiger partial charge in [0.2, 0.25) is 0 Å². The van der Waals surface area contributed by atoms with Crippen LogP contribution in [0.1, 0.15) is 19.8 Å². The second-order valence-electron chi connectivity index (χ2n) is 2.34. The van der Waals surface area contributed by atoms with E-state index in [9.17, 15) is 0 Å². The lowest BCUT2D eigenvalue weighted by atomic mass is 10.3. The number of hydrogen-bond donors (Lipinski definition) is 2. The molecular weight excluding hydrogens is 130 g/mol. The topological polar surface area (TPSA) is 55.5 Å². The molecule has 0 aliphatic rings. The highest BCUT2D eigenvalue weighted by atomic mass is 16.5. The molecule has 0 aromatic rings. The molecule has 0 rings (SSSR count). The molecule has 0 saturated heterocycles. The molecule has 0 aromatic heterocycles. The Labute approximate surface area is 62.2 Å². The predicted octanol–water partition coefficient (Wildman–Crippen LogP) is 0.123. The highest BCUT2D eigenvalue weighted by Gasteiger charge is 1.98. The summed E-state index contributed by atoms with van der Waals surface area (Å²) in [7, 11) is 0. The Morgan fingerprint density at radius 3 is 2.80 bits per heavy atom. The molecule has 0 heterocycles. The molecule has 62 valence electrons. The number of aliphatic hydroxyl groups is 1. The zero-order valence-electron chi connectivity index (χ0n) is 6.55. The standard InChI is InChI=1S/C7H17NO2/c1-7(3-5-9)10-6-2-4-8/h7,9H,2-6,8H2,1H3/t7-/m1/s1. The van der Waals surface area contributed by atoms with Gasteiger partial charge in [0.05, 0.1) is 6.10 Å². The van der Waals surface area contributed by atoms with Gasteiger partial charge in [-0.3, -0.25) is 0 Å². The second-order valence-corrected chi connectivity index (χ2v) is 2.34. The number of aliphatic hydroxyl groups excluding tert-OH is 1. The highest BCUT2D eigenvalue weighted by molar-refractivity contribution is 4.48. The second kappa shape index (κ2) is 6.99. The van der Waals surface area contributed by atoms with Crippen molar-refractivity contribution in [3.05, 3.63) is 0 Å². The lowest BCUT2D eigenvalue weighted by Gasteiger charge is -2.09. The first kappa shape index (κ1) is 9.88. The van der Waals surface area contributed by atoms with Crippen molar-refractivity contribution in [2.45, 2.75) is 25.9 Å². The van der Waals surface area contributed by atoms with E-state index in [2.05, 4.69) is 0 Å². The Morgan fingerprint density at radius 1 is 1.60 bits per heavy atom. The maximum absolute atomic E-state index is 8.49. The van der Waals surface area contributed by atoms with Gasteiger partial charge in [-0.05, 0) is 26.3 Å². The number of nitrogens with two attached hydrogens (primary N) is 1. The molecule has 0 bridgehead atoms. The zero-order valence-corrected chi connectivity index (χ0v) is 6.55. The van der Waals surface area contributed by atoms with Crippen molar-refractivity contribution in [3.63, 3.8) is 0 Å². The molecule has 0 unspecified atom stereocenters. The van der Waals surface area contributed by atoms with Crippen LogP contribution in [0.4, 0.5) is 0 Å². The molecule has 1 atom stereocenters. The zero-order chi connectivity index (χ0) is 7.82. The van der Waals surface area contributed by atoms with Gasteiger partial charge in [0.1, 0.15) is 0 Å². The summed E-state index contributed by atoms with van der Waals surface area (Å²) in [5.41, 5.74) is 5.26. The minimum Gasteiger partial charge on any atom is -0.396 e. The SMILES string of the molecule is C[C@H](CCO)OCCCN. The van der Waals surface area contributed by atoms with Gasteiger partial charge in [0.25, 0.3) is 0 Å². The maximum Gasteiger partial charge on any atom is 0.0568 e. The number of rotatable bonds is 6. The highest BCUT2D eigenvalue weighted by Crippen LogP contribution is 1.95. The van der Waals surface area contributed by atoms with E-state index >= 15 is 0 Å². The van der Waals surface area contributed by atoms with Gasteiger partial charge in [-0.25, -0.2) is 0 Å². The van der Waals surface area contributed by atoms with Gasteiger partial charge >= 0.3 is 0 Å². The molecular formula is C7H17NO2. The van der Waals surface area contributed by atoms with E-state index in [1.165, 1.54) is 0 Å². The van der Waals surface area contributed by atoms with Gasteiger partial charge in [-0.15, -0.1) is 0 Å². The molecule has 3 heteroatoms. The summed E-state index contributed by atoms with van der Waals surface area (Å²) >= 11 is 0. The third kappa shape index (κ3) is 6.01. The maximum atomic E-state index is 8.49. The van der Waals surface area contributed by atoms with Gasteiger partial charge in [0.15, 0.2) is 0 Å². The van der Waals surface area contributed by atoms with Crippen LogP contribution >= 0.6 is 0 Å². The van der Waals surface area contributed by atoms with Crippen molar-refractivity contribution in [1.82, 2.24) is 0 Å². The summed E-state index contributed by atoms with van der Waals surface area (Å²) < 4.78 is 5.28. The van der Waals surface area contributed by atoms with Crippen LogP contribution in [0.3, 0.4) is 0 Å². The normalized spacial score (nSPS) is 13.5. The Hall–Kier alpha value is -0.120. The smallest absolute Gasteiger partial charge is 0.0568 e. The first-order valence-electron chi connectivity index (χ1n) is 3.73. The summed E-state index contributed by atoms with van der Waals surface area (Å²) in [4.78, 5) is 0. The lowest BCUT2D eigenvalue weighted by molar-refractivity contribution is 0.0475. The summed E-state index contributed by atoms with van der Waals surface area (Å²) in [6.07, 6.45) is 1.77. The molecule has 0 saturated carbocycles. The van der Waals surface area contributed by atoms with Crippen LogP contribution in [0.5, 0.6) is 0 Å². The van der Waals surface area contributed by atoms with Crippen molar-refractivity contribution in [1.29, 1.82) is 0 Å². The van der Waals surface area contributed by atoms with Crippen LogP contribution in [0.2, 0.25) is 0 Å². The number of ether oxygens (including phenoxy) is 1. The van der Waals surface area contributed by atoms with Crippen molar-refractivity contribution in [2.24, 2.45) is 5.73 Å². The van der Waals surface area contributed by atoms with Crippen molar-refractivity contribution in [2.75, 3.05) is 19.8 Å². The van der Waals surface area contributed by atoms with Crippen LogP contribution in [-0.4, -0.2) is 31.0 Å². The minimum atomic E-state index is 0.163. The average molecular weight is 147 g/mol. The van der Waals surface area contributed by atoms with Crippen LogP contribution in [-0.2, 0) is 4.74 Å². The fourth-order valence-electron chi connectivity index (χ4n) is 0.633. The molecule has 3 nitrogen and oxygen atoms in total. The molecule has 0 radical (unpaired) electrons. The Kier molecular flexibility index (Phi) is 6.91. The molecule has 0 aliphatic carbocycles. The van der Waals surface area contributed by atoms with E-state index in [4.69, 9.17) is 15.6 Å².